The van der Waals surface area contributed by atoms with Crippen molar-refractivity contribution in [3.8, 4) is 0 Å². The van der Waals surface area contributed by atoms with E-state index >= 15 is 0 Å². The summed E-state index contributed by atoms with van der Waals surface area (Å²) in [6, 6.07) is 22.1. The molecule has 4 rings (SSSR count). The molecule has 43 heavy (non-hydrogen) atoms. The van der Waals surface area contributed by atoms with Gasteiger partial charge in [0.25, 0.3) is 0 Å². The number of anilines is 1. The van der Waals surface area contributed by atoms with Gasteiger partial charge in [0.05, 0.1) is 11.1 Å². The Bertz CT molecular complexity index is 1220. The Morgan fingerprint density at radius 2 is 1.21 bits per heavy atom. The summed E-state index contributed by atoms with van der Waals surface area (Å²) in [4.78, 5) is 2.48. The Labute approximate surface area is 254 Å². The topological polar surface area (TPSA) is 27.3 Å². The normalized spacial score (nSPS) is 17.6. The minimum absolute atomic E-state index is 0.0119. The molecule has 2 atom stereocenters. The maximum atomic E-state index is 13.4. The van der Waals surface area contributed by atoms with E-state index in [1.807, 2.05) is 36.4 Å². The van der Waals surface area contributed by atoms with Crippen molar-refractivity contribution in [1.29, 1.82) is 0 Å². The molecule has 0 unspecified atom stereocenters. The van der Waals surface area contributed by atoms with Crippen LogP contribution >= 0.6 is 12.2 Å². The second-order valence-electron chi connectivity index (χ2n) is 11.1. The van der Waals surface area contributed by atoms with Gasteiger partial charge in [-0.15, -0.1) is 0 Å². The van der Waals surface area contributed by atoms with E-state index in [4.69, 9.17) is 12.2 Å². The van der Waals surface area contributed by atoms with E-state index in [0.29, 0.717) is 12.1 Å². The highest BCUT2D eigenvalue weighted by molar-refractivity contribution is 7.80. The molecule has 0 bridgehead atoms. The van der Waals surface area contributed by atoms with Crippen LogP contribution in [-0.4, -0.2) is 35.2 Å². The molecular formula is C33H37F6N3S. The molecule has 1 aliphatic rings. The van der Waals surface area contributed by atoms with Gasteiger partial charge >= 0.3 is 12.4 Å². The predicted octanol–water partition coefficient (Wildman–Crippen LogP) is 8.89. The van der Waals surface area contributed by atoms with Crippen LogP contribution in [0.5, 0.6) is 0 Å². The smallest absolute Gasteiger partial charge is 0.358 e. The van der Waals surface area contributed by atoms with Crippen LogP contribution in [0.1, 0.15) is 60.8 Å². The third-order valence-electron chi connectivity index (χ3n) is 7.87. The summed E-state index contributed by atoms with van der Waals surface area (Å²) in [6.07, 6.45) is -2.31. The van der Waals surface area contributed by atoms with Crippen molar-refractivity contribution < 1.29 is 26.3 Å². The quantitative estimate of drug-likeness (QED) is 0.165. The summed E-state index contributed by atoms with van der Waals surface area (Å²) >= 11 is 5.43. The van der Waals surface area contributed by atoms with E-state index in [9.17, 15) is 26.3 Å². The van der Waals surface area contributed by atoms with Crippen LogP contribution in [0, 0.1) is 0 Å². The van der Waals surface area contributed by atoms with Crippen LogP contribution in [0.25, 0.3) is 0 Å². The number of thiocarbonyl (C=S) groups is 1. The standard InChI is InChI=1S/C33H37F6N3S/c34-32(35,36)26-21-27(33(37,38)39)23-28(22-26)40-31(43)41-29-17-7-8-18-30(29)42(19-9-15-24-11-3-1-4-12-24)20-10-16-25-13-5-2-6-14-25/h1-6,11-14,21-23,29-30H,7-10,15-20H2,(H2,40,41,43)/t29-,30-/m1/s1. The number of benzene rings is 3. The molecule has 2 N–H and O–H groups in total. The van der Waals surface area contributed by atoms with Crippen molar-refractivity contribution in [2.45, 2.75) is 75.8 Å². The summed E-state index contributed by atoms with van der Waals surface area (Å²) in [6.45, 7) is 1.74. The lowest BCUT2D eigenvalue weighted by molar-refractivity contribution is -0.143. The number of halogens is 6. The number of hydrogen-bond donors (Lipinski definition) is 2. The molecule has 0 aliphatic heterocycles. The number of nitrogens with one attached hydrogen (secondary N) is 2. The maximum Gasteiger partial charge on any atom is 0.416 e. The number of hydrogen-bond acceptors (Lipinski definition) is 2. The highest BCUT2D eigenvalue weighted by atomic mass is 32.1. The van der Waals surface area contributed by atoms with Crippen molar-refractivity contribution in [3.05, 3.63) is 101 Å². The lowest BCUT2D eigenvalue weighted by Crippen LogP contribution is -2.54. The summed E-state index contributed by atoms with van der Waals surface area (Å²) in [7, 11) is 0. The van der Waals surface area contributed by atoms with Crippen molar-refractivity contribution in [2.24, 2.45) is 0 Å². The lowest BCUT2D eigenvalue weighted by Gasteiger charge is -2.41. The molecule has 1 aliphatic carbocycles. The number of alkyl halides is 6. The van der Waals surface area contributed by atoms with Gasteiger partial charge in [0.15, 0.2) is 5.11 Å². The number of nitrogens with zero attached hydrogens (tertiary/aromatic N) is 1. The van der Waals surface area contributed by atoms with Crippen molar-refractivity contribution in [1.82, 2.24) is 10.2 Å². The zero-order valence-corrected chi connectivity index (χ0v) is 24.7. The highest BCUT2D eigenvalue weighted by Gasteiger charge is 2.37. The second kappa shape index (κ2) is 15.1. The Hall–Kier alpha value is -3.11. The van der Waals surface area contributed by atoms with Gasteiger partial charge in [0, 0.05) is 17.8 Å². The molecular weight excluding hydrogens is 584 g/mol. The van der Waals surface area contributed by atoms with E-state index < -0.39 is 23.5 Å². The van der Waals surface area contributed by atoms with E-state index in [1.54, 1.807) is 0 Å². The van der Waals surface area contributed by atoms with Crippen LogP contribution in [0.2, 0.25) is 0 Å². The summed E-state index contributed by atoms with van der Waals surface area (Å²) in [5, 5.41) is 5.86. The summed E-state index contributed by atoms with van der Waals surface area (Å²) in [5.74, 6) is 0. The van der Waals surface area contributed by atoms with Crippen LogP contribution in [0.15, 0.2) is 78.9 Å². The SMILES string of the molecule is FC(F)(F)c1cc(NC(=S)N[C@@H]2CCCC[C@H]2N(CCCc2ccccc2)CCCc2ccccc2)cc(C(F)(F)F)c1. The molecule has 0 radical (unpaired) electrons. The Balaban J connectivity index is 1.45. The molecule has 232 valence electrons. The molecule has 0 amide bonds. The summed E-state index contributed by atoms with van der Waals surface area (Å²) < 4.78 is 80.1. The average Bonchev–Trinajstić information content (AvgIpc) is 2.97. The third kappa shape index (κ3) is 10.2. The Morgan fingerprint density at radius 1 is 0.721 bits per heavy atom. The molecule has 0 spiro atoms. The maximum absolute atomic E-state index is 13.4. The third-order valence-corrected chi connectivity index (χ3v) is 8.09. The monoisotopic (exact) mass is 621 g/mol. The van der Waals surface area contributed by atoms with Crippen LogP contribution in [-0.2, 0) is 25.2 Å². The van der Waals surface area contributed by atoms with Crippen molar-refractivity contribution >= 4 is 23.0 Å². The first kappa shape index (κ1) is 32.8. The molecule has 0 saturated heterocycles. The number of aryl methyl sites for hydroxylation is 2. The van der Waals surface area contributed by atoms with Crippen molar-refractivity contribution in [2.75, 3.05) is 18.4 Å². The first-order chi connectivity index (χ1) is 20.5. The van der Waals surface area contributed by atoms with Crippen molar-refractivity contribution in [3.63, 3.8) is 0 Å². The van der Waals surface area contributed by atoms with Gasteiger partial charge in [-0.3, -0.25) is 4.90 Å². The minimum Gasteiger partial charge on any atom is -0.358 e. The molecule has 1 fully saturated rings. The first-order valence-corrected chi connectivity index (χ1v) is 15.1. The van der Waals surface area contributed by atoms with E-state index in [0.717, 1.165) is 64.5 Å². The molecule has 0 heterocycles. The lowest BCUT2D eigenvalue weighted by atomic mass is 9.88. The van der Waals surface area contributed by atoms with Gasteiger partial charge in [-0.1, -0.05) is 73.5 Å². The first-order valence-electron chi connectivity index (χ1n) is 14.7. The number of rotatable bonds is 11. The zero-order chi connectivity index (χ0) is 30.9. The van der Waals surface area contributed by atoms with Gasteiger partial charge in [-0.05, 0) is 93.2 Å². The predicted molar refractivity (Wildman–Crippen MR) is 163 cm³/mol. The molecule has 3 nitrogen and oxygen atoms in total. The molecule has 1 saturated carbocycles. The fourth-order valence-corrected chi connectivity index (χ4v) is 6.05. The Morgan fingerprint density at radius 3 is 1.70 bits per heavy atom. The van der Waals surface area contributed by atoms with Gasteiger partial charge in [0.2, 0.25) is 0 Å². The van der Waals surface area contributed by atoms with Crippen LogP contribution < -0.4 is 10.6 Å². The fraction of sp³-hybridized carbons (Fsp3) is 0.424. The molecule has 3 aromatic rings. The van der Waals surface area contributed by atoms with Gasteiger partial charge in [0.1, 0.15) is 0 Å². The van der Waals surface area contributed by atoms with Gasteiger partial charge < -0.3 is 10.6 Å². The molecule has 10 heteroatoms. The highest BCUT2D eigenvalue weighted by Crippen LogP contribution is 2.37. The largest absolute Gasteiger partial charge is 0.416 e. The zero-order valence-electron chi connectivity index (χ0n) is 23.9. The van der Waals surface area contributed by atoms with Gasteiger partial charge in [-0.25, -0.2) is 0 Å². The second-order valence-corrected chi connectivity index (χ2v) is 11.5. The van der Waals surface area contributed by atoms with E-state index in [1.165, 1.54) is 11.1 Å². The minimum atomic E-state index is -4.93. The van der Waals surface area contributed by atoms with Crippen LogP contribution in [0.4, 0.5) is 32.0 Å². The van der Waals surface area contributed by atoms with E-state index in [2.05, 4.69) is 39.8 Å². The fourth-order valence-electron chi connectivity index (χ4n) is 5.78. The molecule has 3 aromatic carbocycles. The molecule has 0 aromatic heterocycles. The average molecular weight is 622 g/mol. The van der Waals surface area contributed by atoms with Gasteiger partial charge in [-0.2, -0.15) is 26.3 Å². The summed E-state index contributed by atoms with van der Waals surface area (Å²) in [5.41, 5.74) is -0.573. The Kier molecular flexibility index (Phi) is 11.5. The van der Waals surface area contributed by atoms with Crippen LogP contribution in [0.3, 0.4) is 0 Å². The van der Waals surface area contributed by atoms with E-state index in [-0.39, 0.29) is 28.9 Å².